The molecule has 4 N–H and O–H groups in total. The molecule has 2 heterocycles. The normalized spacial score (nSPS) is 12.2. The van der Waals surface area contributed by atoms with Crippen molar-refractivity contribution in [2.75, 3.05) is 5.32 Å². The highest BCUT2D eigenvalue weighted by molar-refractivity contribution is 6.38. The minimum absolute atomic E-state index is 0.0773. The summed E-state index contributed by atoms with van der Waals surface area (Å²) in [7, 11) is 0. The summed E-state index contributed by atoms with van der Waals surface area (Å²) in [6.07, 6.45) is 1.86. The van der Waals surface area contributed by atoms with Crippen molar-refractivity contribution in [1.29, 1.82) is 0 Å². The summed E-state index contributed by atoms with van der Waals surface area (Å²) in [4.78, 5) is 31.1. The fourth-order valence-corrected chi connectivity index (χ4v) is 3.92. The number of nitrogens with zero attached hydrogens (tertiary/aromatic N) is 1. The number of fused-ring (bicyclic) bond motifs is 2. The number of anilines is 1. The van der Waals surface area contributed by atoms with Gasteiger partial charge < -0.3 is 20.5 Å². The van der Waals surface area contributed by atoms with Gasteiger partial charge in [-0.25, -0.2) is 14.6 Å². The van der Waals surface area contributed by atoms with Crippen LogP contribution >= 0.6 is 23.2 Å². The zero-order chi connectivity index (χ0) is 21.4. The first-order valence-corrected chi connectivity index (χ1v) is 9.66. The van der Waals surface area contributed by atoms with E-state index in [4.69, 9.17) is 23.2 Å². The molecule has 0 saturated carbocycles. The van der Waals surface area contributed by atoms with Gasteiger partial charge in [0.15, 0.2) is 0 Å². The Balaban J connectivity index is 1.75. The Bertz CT molecular complexity index is 1300. The highest BCUT2D eigenvalue weighted by Crippen LogP contribution is 2.30. The van der Waals surface area contributed by atoms with E-state index in [1.807, 2.05) is 24.3 Å². The third-order valence-corrected chi connectivity index (χ3v) is 5.28. The molecule has 0 saturated heterocycles. The molecule has 0 aliphatic rings. The van der Waals surface area contributed by atoms with Crippen LogP contribution in [0, 0.1) is 0 Å². The number of H-pyrrole nitrogens is 1. The SMILES string of the molecule is O=C(O)c1cc2cc(Cl)cc(Cl)c2nc1N[C@@H](Cc1c[nH]c2ccccc12)C(=O)O. The third kappa shape index (κ3) is 3.77. The van der Waals surface area contributed by atoms with Crippen molar-refractivity contribution in [3.8, 4) is 0 Å². The molecule has 0 amide bonds. The number of aliphatic carboxylic acids is 1. The minimum Gasteiger partial charge on any atom is -0.480 e. The predicted molar refractivity (Wildman–Crippen MR) is 116 cm³/mol. The number of para-hydroxylation sites is 1. The standard InChI is InChI=1S/C21H15Cl2N3O4/c22-12-5-10-6-14(20(27)28)19(26-18(10)15(23)8-12)25-17(21(29)30)7-11-9-24-16-4-2-1-3-13(11)16/h1-6,8-9,17,24H,7H2,(H,25,26)(H,27,28)(H,29,30)/t17-/m0/s1. The topological polar surface area (TPSA) is 115 Å². The Hall–Kier alpha value is -3.29. The summed E-state index contributed by atoms with van der Waals surface area (Å²) in [5.74, 6) is -2.47. The summed E-state index contributed by atoms with van der Waals surface area (Å²) in [6.45, 7) is 0. The second-order valence-electron chi connectivity index (χ2n) is 6.75. The molecule has 0 aliphatic carbocycles. The van der Waals surface area contributed by atoms with Crippen molar-refractivity contribution in [1.82, 2.24) is 9.97 Å². The van der Waals surface area contributed by atoms with E-state index >= 15 is 0 Å². The zero-order valence-corrected chi connectivity index (χ0v) is 16.8. The maximum atomic E-state index is 11.9. The van der Waals surface area contributed by atoms with E-state index in [1.165, 1.54) is 12.1 Å². The van der Waals surface area contributed by atoms with Crippen LogP contribution in [0.5, 0.6) is 0 Å². The second-order valence-corrected chi connectivity index (χ2v) is 7.59. The van der Waals surface area contributed by atoms with Crippen molar-refractivity contribution < 1.29 is 19.8 Å². The number of halogens is 2. The average molecular weight is 444 g/mol. The van der Waals surface area contributed by atoms with Crippen LogP contribution in [0.25, 0.3) is 21.8 Å². The van der Waals surface area contributed by atoms with E-state index in [2.05, 4.69) is 15.3 Å². The molecular formula is C21H15Cl2N3O4. The highest BCUT2D eigenvalue weighted by atomic mass is 35.5. The van der Waals surface area contributed by atoms with Gasteiger partial charge in [-0.2, -0.15) is 0 Å². The van der Waals surface area contributed by atoms with Crippen LogP contribution in [-0.4, -0.2) is 38.2 Å². The highest BCUT2D eigenvalue weighted by Gasteiger charge is 2.24. The number of carboxylic acid groups (broad SMARTS) is 2. The molecule has 30 heavy (non-hydrogen) atoms. The van der Waals surface area contributed by atoms with Gasteiger partial charge in [0, 0.05) is 33.9 Å². The average Bonchev–Trinajstić information content (AvgIpc) is 3.10. The van der Waals surface area contributed by atoms with Crippen LogP contribution in [-0.2, 0) is 11.2 Å². The molecule has 0 unspecified atom stereocenters. The Morgan fingerprint density at radius 2 is 1.90 bits per heavy atom. The fourth-order valence-electron chi connectivity index (χ4n) is 3.37. The predicted octanol–water partition coefficient (Wildman–Crippen LogP) is 4.83. The molecular weight excluding hydrogens is 429 g/mol. The van der Waals surface area contributed by atoms with Crippen LogP contribution in [0.2, 0.25) is 10.0 Å². The molecule has 2 aromatic heterocycles. The van der Waals surface area contributed by atoms with Crippen LogP contribution in [0.3, 0.4) is 0 Å². The van der Waals surface area contributed by atoms with Gasteiger partial charge in [0.25, 0.3) is 0 Å². The van der Waals surface area contributed by atoms with Crippen LogP contribution in [0.4, 0.5) is 5.82 Å². The summed E-state index contributed by atoms with van der Waals surface area (Å²) in [5.41, 5.74) is 1.82. The first-order valence-electron chi connectivity index (χ1n) is 8.91. The number of aromatic amines is 1. The van der Waals surface area contributed by atoms with Gasteiger partial charge in [0.05, 0.1) is 10.5 Å². The molecule has 0 aliphatic heterocycles. The number of benzene rings is 2. The summed E-state index contributed by atoms with van der Waals surface area (Å²) in [5, 5.41) is 24.0. The summed E-state index contributed by atoms with van der Waals surface area (Å²) < 4.78 is 0. The Morgan fingerprint density at radius 3 is 2.63 bits per heavy atom. The Morgan fingerprint density at radius 1 is 1.13 bits per heavy atom. The monoisotopic (exact) mass is 443 g/mol. The number of carboxylic acids is 2. The number of aromatic carboxylic acids is 1. The lowest BCUT2D eigenvalue weighted by Crippen LogP contribution is -2.32. The van der Waals surface area contributed by atoms with E-state index in [-0.39, 0.29) is 22.8 Å². The molecule has 2 aromatic carbocycles. The van der Waals surface area contributed by atoms with Gasteiger partial charge >= 0.3 is 11.9 Å². The van der Waals surface area contributed by atoms with Gasteiger partial charge in [-0.3, -0.25) is 0 Å². The van der Waals surface area contributed by atoms with E-state index < -0.39 is 18.0 Å². The first-order chi connectivity index (χ1) is 14.3. The molecule has 152 valence electrons. The number of pyridine rings is 1. The zero-order valence-electron chi connectivity index (χ0n) is 15.3. The van der Waals surface area contributed by atoms with E-state index in [9.17, 15) is 19.8 Å². The van der Waals surface area contributed by atoms with E-state index in [1.54, 1.807) is 12.3 Å². The lowest BCUT2D eigenvalue weighted by molar-refractivity contribution is -0.137. The molecule has 4 rings (SSSR count). The molecule has 0 bridgehead atoms. The van der Waals surface area contributed by atoms with Crippen LogP contribution < -0.4 is 5.32 Å². The molecule has 0 spiro atoms. The Kier molecular flexibility index (Phi) is 5.24. The summed E-state index contributed by atoms with van der Waals surface area (Å²) in [6, 6.07) is 10.8. The van der Waals surface area contributed by atoms with Crippen LogP contribution in [0.15, 0.2) is 48.7 Å². The Labute approximate surface area is 180 Å². The second kappa shape index (κ2) is 7.85. The molecule has 1 atom stereocenters. The third-order valence-electron chi connectivity index (χ3n) is 4.77. The van der Waals surface area contributed by atoms with Crippen molar-refractivity contribution in [3.05, 3.63) is 69.8 Å². The molecule has 0 radical (unpaired) electrons. The number of rotatable bonds is 6. The minimum atomic E-state index is -1.25. The van der Waals surface area contributed by atoms with Crippen molar-refractivity contribution in [3.63, 3.8) is 0 Å². The van der Waals surface area contributed by atoms with Crippen molar-refractivity contribution in [2.24, 2.45) is 0 Å². The quantitative estimate of drug-likeness (QED) is 0.339. The lowest BCUT2D eigenvalue weighted by atomic mass is 10.0. The van der Waals surface area contributed by atoms with Gasteiger partial charge in [-0.1, -0.05) is 41.4 Å². The number of carbonyl (C=O) groups is 2. The van der Waals surface area contributed by atoms with E-state index in [0.29, 0.717) is 15.9 Å². The van der Waals surface area contributed by atoms with Crippen molar-refractivity contribution in [2.45, 2.75) is 12.5 Å². The lowest BCUT2D eigenvalue weighted by Gasteiger charge is -2.17. The van der Waals surface area contributed by atoms with Crippen LogP contribution in [0.1, 0.15) is 15.9 Å². The van der Waals surface area contributed by atoms with Gasteiger partial charge in [-0.15, -0.1) is 0 Å². The number of aromatic nitrogens is 2. The number of hydrogen-bond acceptors (Lipinski definition) is 4. The largest absolute Gasteiger partial charge is 0.480 e. The summed E-state index contributed by atoms with van der Waals surface area (Å²) >= 11 is 12.2. The maximum Gasteiger partial charge on any atom is 0.339 e. The van der Waals surface area contributed by atoms with Gasteiger partial charge in [0.2, 0.25) is 0 Å². The van der Waals surface area contributed by atoms with E-state index in [0.717, 1.165) is 16.5 Å². The molecule has 0 fully saturated rings. The number of hydrogen-bond donors (Lipinski definition) is 4. The van der Waals surface area contributed by atoms with Crippen molar-refractivity contribution >= 4 is 62.8 Å². The van der Waals surface area contributed by atoms with Gasteiger partial charge in [-0.05, 0) is 29.8 Å². The first kappa shape index (κ1) is 20.0. The van der Waals surface area contributed by atoms with Gasteiger partial charge in [0.1, 0.15) is 17.4 Å². The molecule has 7 nitrogen and oxygen atoms in total. The smallest absolute Gasteiger partial charge is 0.339 e. The number of nitrogens with one attached hydrogen (secondary N) is 2. The maximum absolute atomic E-state index is 11.9. The fraction of sp³-hybridized carbons (Fsp3) is 0.0952. The molecule has 4 aromatic rings. The molecule has 9 heteroatoms.